The molecule has 1 aliphatic carbocycles. The highest BCUT2D eigenvalue weighted by Gasteiger charge is 2.27. The summed E-state index contributed by atoms with van der Waals surface area (Å²) in [6.07, 6.45) is 6.44. The number of carbonyl (C=O) groups is 1. The van der Waals surface area contributed by atoms with Crippen LogP contribution in [0.3, 0.4) is 0 Å². The second kappa shape index (κ2) is 8.52. The van der Waals surface area contributed by atoms with Crippen LogP contribution in [0.25, 0.3) is 0 Å². The number of anilines is 1. The van der Waals surface area contributed by atoms with Gasteiger partial charge in [0.2, 0.25) is 15.9 Å². The Labute approximate surface area is 179 Å². The van der Waals surface area contributed by atoms with E-state index in [9.17, 15) is 13.2 Å². The summed E-state index contributed by atoms with van der Waals surface area (Å²) < 4.78 is 29.2. The lowest BCUT2D eigenvalue weighted by Gasteiger charge is -2.22. The Morgan fingerprint density at radius 2 is 1.77 bits per heavy atom. The number of sulfonamides is 1. The minimum Gasteiger partial charge on any atom is -0.312 e. The zero-order valence-electron chi connectivity index (χ0n) is 17.8. The van der Waals surface area contributed by atoms with Crippen molar-refractivity contribution in [3.63, 3.8) is 0 Å². The van der Waals surface area contributed by atoms with Crippen LogP contribution in [-0.2, 0) is 34.1 Å². The molecule has 6 heteroatoms. The summed E-state index contributed by atoms with van der Waals surface area (Å²) in [5.74, 6) is 0.0703. The molecule has 0 saturated heterocycles. The van der Waals surface area contributed by atoms with E-state index in [2.05, 4.69) is 22.9 Å². The van der Waals surface area contributed by atoms with Gasteiger partial charge in [0.15, 0.2) is 0 Å². The third kappa shape index (κ3) is 4.03. The highest BCUT2D eigenvalue weighted by molar-refractivity contribution is 7.89. The van der Waals surface area contributed by atoms with E-state index >= 15 is 0 Å². The summed E-state index contributed by atoms with van der Waals surface area (Å²) in [5, 5.41) is 0. The normalized spacial score (nSPS) is 16.8. The van der Waals surface area contributed by atoms with Gasteiger partial charge in [0.1, 0.15) is 0 Å². The summed E-state index contributed by atoms with van der Waals surface area (Å²) >= 11 is 0. The Morgan fingerprint density at radius 3 is 2.50 bits per heavy atom. The Kier molecular flexibility index (Phi) is 5.98. The lowest BCUT2D eigenvalue weighted by Crippen LogP contribution is -2.29. The van der Waals surface area contributed by atoms with Crippen LogP contribution in [0.1, 0.15) is 67.8 Å². The van der Waals surface area contributed by atoms with Crippen LogP contribution in [0.2, 0.25) is 0 Å². The van der Waals surface area contributed by atoms with Crippen LogP contribution in [0, 0.1) is 0 Å². The molecule has 5 nitrogen and oxygen atoms in total. The lowest BCUT2D eigenvalue weighted by atomic mass is 9.89. The van der Waals surface area contributed by atoms with Crippen LogP contribution in [0.5, 0.6) is 0 Å². The Hall–Kier alpha value is -2.18. The molecule has 0 bridgehead atoms. The summed E-state index contributed by atoms with van der Waals surface area (Å²) in [6.45, 7) is 4.46. The number of carbonyl (C=O) groups excluding carboxylic acids is 1. The van der Waals surface area contributed by atoms with Crippen molar-refractivity contribution in [1.29, 1.82) is 0 Å². The molecular formula is C24H30N2O3S. The van der Waals surface area contributed by atoms with E-state index in [-0.39, 0.29) is 16.8 Å². The minimum absolute atomic E-state index is 0.0703. The second-order valence-corrected chi connectivity index (χ2v) is 9.97. The quantitative estimate of drug-likeness (QED) is 0.749. The van der Waals surface area contributed by atoms with Gasteiger partial charge in [-0.05, 0) is 79.0 Å². The fourth-order valence-electron chi connectivity index (χ4n) is 4.61. The number of benzene rings is 2. The van der Waals surface area contributed by atoms with Crippen molar-refractivity contribution in [1.82, 2.24) is 4.72 Å². The zero-order valence-corrected chi connectivity index (χ0v) is 18.6. The SMILES string of the molecule is CCC(=O)N1CCc2cc(S(=O)(=O)NC(CC)c3ccc4c(c3)CCCC4)ccc21. The van der Waals surface area contributed by atoms with Gasteiger partial charge >= 0.3 is 0 Å². The second-order valence-electron chi connectivity index (χ2n) is 8.26. The van der Waals surface area contributed by atoms with Crippen molar-refractivity contribution in [3.05, 3.63) is 58.7 Å². The largest absolute Gasteiger partial charge is 0.312 e. The van der Waals surface area contributed by atoms with Crippen LogP contribution < -0.4 is 9.62 Å². The third-order valence-electron chi connectivity index (χ3n) is 6.34. The van der Waals surface area contributed by atoms with Crippen molar-refractivity contribution < 1.29 is 13.2 Å². The fraction of sp³-hybridized carbons (Fsp3) is 0.458. The summed E-state index contributed by atoms with van der Waals surface area (Å²) in [4.78, 5) is 14.1. The van der Waals surface area contributed by atoms with Gasteiger partial charge in [0.05, 0.1) is 4.90 Å². The number of hydrogen-bond donors (Lipinski definition) is 1. The third-order valence-corrected chi connectivity index (χ3v) is 7.81. The van der Waals surface area contributed by atoms with E-state index in [1.165, 1.54) is 24.0 Å². The minimum atomic E-state index is -3.66. The van der Waals surface area contributed by atoms with Crippen LogP contribution in [-0.4, -0.2) is 20.9 Å². The molecule has 1 amide bonds. The van der Waals surface area contributed by atoms with Crippen LogP contribution >= 0.6 is 0 Å². The van der Waals surface area contributed by atoms with E-state index < -0.39 is 10.0 Å². The topological polar surface area (TPSA) is 66.5 Å². The molecule has 2 aromatic carbocycles. The molecule has 2 aliphatic rings. The van der Waals surface area contributed by atoms with Gasteiger partial charge in [0, 0.05) is 24.7 Å². The van der Waals surface area contributed by atoms with E-state index in [4.69, 9.17) is 0 Å². The first-order valence-electron chi connectivity index (χ1n) is 11.0. The number of rotatable bonds is 6. The number of amides is 1. The maximum Gasteiger partial charge on any atom is 0.241 e. The van der Waals surface area contributed by atoms with Crippen molar-refractivity contribution in [2.75, 3.05) is 11.4 Å². The highest BCUT2D eigenvalue weighted by Crippen LogP contribution is 2.32. The number of aryl methyl sites for hydroxylation is 2. The molecule has 2 aromatic rings. The summed E-state index contributed by atoms with van der Waals surface area (Å²) in [6, 6.07) is 11.3. The molecule has 1 atom stereocenters. The van der Waals surface area contributed by atoms with Crippen molar-refractivity contribution in [2.24, 2.45) is 0 Å². The molecule has 1 unspecified atom stereocenters. The fourth-order valence-corrected chi connectivity index (χ4v) is 5.97. The van der Waals surface area contributed by atoms with Gasteiger partial charge in [-0.1, -0.05) is 32.0 Å². The predicted molar refractivity (Wildman–Crippen MR) is 119 cm³/mol. The molecule has 160 valence electrons. The van der Waals surface area contributed by atoms with Crippen molar-refractivity contribution in [3.8, 4) is 0 Å². The van der Waals surface area contributed by atoms with Gasteiger partial charge in [-0.15, -0.1) is 0 Å². The Morgan fingerprint density at radius 1 is 1.00 bits per heavy atom. The molecule has 0 aromatic heterocycles. The smallest absolute Gasteiger partial charge is 0.241 e. The van der Waals surface area contributed by atoms with E-state index in [1.807, 2.05) is 13.8 Å². The molecule has 4 rings (SSSR count). The Balaban J connectivity index is 1.57. The number of hydrogen-bond acceptors (Lipinski definition) is 3. The van der Waals surface area contributed by atoms with Crippen molar-refractivity contribution >= 4 is 21.6 Å². The Bertz CT molecular complexity index is 1060. The lowest BCUT2D eigenvalue weighted by molar-refractivity contribution is -0.118. The molecule has 0 radical (unpaired) electrons. The predicted octanol–water partition coefficient (Wildman–Crippen LogP) is 4.29. The van der Waals surface area contributed by atoms with Gasteiger partial charge < -0.3 is 4.90 Å². The molecule has 0 spiro atoms. The van der Waals surface area contributed by atoms with Crippen LogP contribution in [0.15, 0.2) is 41.3 Å². The molecule has 30 heavy (non-hydrogen) atoms. The first-order chi connectivity index (χ1) is 14.4. The van der Waals surface area contributed by atoms with Gasteiger partial charge in [-0.2, -0.15) is 0 Å². The zero-order chi connectivity index (χ0) is 21.3. The monoisotopic (exact) mass is 426 g/mol. The standard InChI is InChI=1S/C24H30N2O3S/c1-3-22(19-10-9-17-7-5-6-8-18(17)15-19)25-30(28,29)21-11-12-23-20(16-21)13-14-26(23)24(27)4-2/h9-12,15-16,22,25H,3-8,13-14H2,1-2H3. The molecule has 1 N–H and O–H groups in total. The molecule has 1 heterocycles. The van der Waals surface area contributed by atoms with Gasteiger partial charge in [-0.3, -0.25) is 4.79 Å². The summed E-state index contributed by atoms with van der Waals surface area (Å²) in [5.41, 5.74) is 5.54. The molecule has 0 fully saturated rings. The average molecular weight is 427 g/mol. The van der Waals surface area contributed by atoms with Gasteiger partial charge in [-0.25, -0.2) is 13.1 Å². The molecular weight excluding hydrogens is 396 g/mol. The van der Waals surface area contributed by atoms with E-state index in [1.54, 1.807) is 23.1 Å². The van der Waals surface area contributed by atoms with E-state index in [0.717, 1.165) is 29.7 Å². The molecule has 1 aliphatic heterocycles. The number of fused-ring (bicyclic) bond motifs is 2. The highest BCUT2D eigenvalue weighted by atomic mass is 32.2. The number of nitrogens with one attached hydrogen (secondary N) is 1. The summed E-state index contributed by atoms with van der Waals surface area (Å²) in [7, 11) is -3.66. The maximum absolute atomic E-state index is 13.1. The van der Waals surface area contributed by atoms with Gasteiger partial charge in [0.25, 0.3) is 0 Å². The average Bonchev–Trinajstić information content (AvgIpc) is 3.20. The maximum atomic E-state index is 13.1. The van der Waals surface area contributed by atoms with E-state index in [0.29, 0.717) is 25.8 Å². The first kappa shape index (κ1) is 21.1. The van der Waals surface area contributed by atoms with Crippen LogP contribution in [0.4, 0.5) is 5.69 Å². The van der Waals surface area contributed by atoms with Crippen molar-refractivity contribution in [2.45, 2.75) is 69.7 Å². The first-order valence-corrected chi connectivity index (χ1v) is 12.5. The number of nitrogens with zero attached hydrogens (tertiary/aromatic N) is 1. The molecule has 0 saturated carbocycles.